The van der Waals surface area contributed by atoms with E-state index in [0.29, 0.717) is 44.7 Å². The Kier molecular flexibility index (Phi) is 18.5. The Hall–Kier alpha value is -8.74. The summed E-state index contributed by atoms with van der Waals surface area (Å²) in [6.07, 6.45) is 11.1. The number of alkyl halides is 4. The number of hydrogen-bond donors (Lipinski definition) is 4. The van der Waals surface area contributed by atoms with Gasteiger partial charge < -0.3 is 0 Å². The first kappa shape index (κ1) is 61.9. The van der Waals surface area contributed by atoms with E-state index in [4.69, 9.17) is 36.8 Å². The van der Waals surface area contributed by atoms with Gasteiger partial charge in [0.15, 0.2) is 0 Å². The summed E-state index contributed by atoms with van der Waals surface area (Å²) in [4.78, 5) is 112. The molecule has 456 valence electrons. The van der Waals surface area contributed by atoms with Gasteiger partial charge in [-0.15, -0.1) is 0 Å². The molecule has 3 aliphatic rings. The molecule has 3 atom stereocenters. The molecule has 0 amide bonds. The fourth-order valence-electron chi connectivity index (χ4n) is 11.4. The van der Waals surface area contributed by atoms with E-state index < -0.39 is 131 Å². The first-order valence-corrected chi connectivity index (χ1v) is 34.3. The zero-order chi connectivity index (χ0) is 62.7. The first-order chi connectivity index (χ1) is 42.7. The molecule has 0 aliphatic heterocycles. The Labute approximate surface area is 526 Å². The molecule has 11 rings (SSSR count). The monoisotopic (exact) mass is 1450 g/mol. The summed E-state index contributed by atoms with van der Waals surface area (Å²) in [6.45, 7) is 4.16. The molecule has 0 saturated heterocycles. The number of carboxylic acid groups (broad SMARTS) is 1. The number of rotatable bonds is 19. The Balaban J connectivity index is 1.15. The summed E-state index contributed by atoms with van der Waals surface area (Å²) < 4.78 is 50.9. The van der Waals surface area contributed by atoms with Gasteiger partial charge in [0.1, 0.15) is 0 Å². The number of phosphoric acid groups is 1. The van der Waals surface area contributed by atoms with Gasteiger partial charge in [-0.25, -0.2) is 0 Å². The SMILES string of the molecule is CC([I-]C1C(c2cccc(=O)o2)=CC(c2ccc(OP(=O)(O)O)cc2)C=C1c1cccc(=O)o1)C([I-]C1C(c2cccc(=O)o2)=CC(CC(=O)O)C=C1c1cccc(=O)o1)C(C)C1C(c2cccc(=O)o2)=CC(c2ccc(N)cc2)C=C1c1cccc(=O)o1. The van der Waals surface area contributed by atoms with Gasteiger partial charge in [0.25, 0.3) is 0 Å². The van der Waals surface area contributed by atoms with Crippen LogP contribution in [0, 0.1) is 17.8 Å². The van der Waals surface area contributed by atoms with Crippen LogP contribution in [0.25, 0.3) is 33.4 Å². The van der Waals surface area contributed by atoms with E-state index in [1.165, 1.54) is 48.5 Å². The van der Waals surface area contributed by atoms with Crippen molar-refractivity contribution < 1.29 is 97.7 Å². The predicted octanol–water partition coefficient (Wildman–Crippen LogP) is 3.88. The number of carboxylic acids is 1. The van der Waals surface area contributed by atoms with Crippen LogP contribution in [0.4, 0.5) is 5.69 Å². The summed E-state index contributed by atoms with van der Waals surface area (Å²) >= 11 is -2.96. The number of aliphatic carboxylic acids is 1. The van der Waals surface area contributed by atoms with Crippen LogP contribution in [0.5, 0.6) is 5.75 Å². The molecule has 2 aromatic carbocycles. The molecule has 0 fully saturated rings. The molecule has 89 heavy (non-hydrogen) atoms. The van der Waals surface area contributed by atoms with E-state index in [1.54, 1.807) is 109 Å². The Morgan fingerprint density at radius 3 is 1.16 bits per heavy atom. The third-order valence-corrected chi connectivity index (χ3v) is 26.0. The molecule has 19 nitrogen and oxygen atoms in total. The average molecular weight is 1450 g/mol. The summed E-state index contributed by atoms with van der Waals surface area (Å²) in [5.41, 5.74) is 7.54. The number of halogens is 2. The van der Waals surface area contributed by atoms with E-state index in [2.05, 4.69) is 13.8 Å². The van der Waals surface area contributed by atoms with Gasteiger partial charge in [0.05, 0.1) is 0 Å². The number of hydrogen-bond acceptors (Lipinski definition) is 16. The quantitative estimate of drug-likeness (QED) is 0.0386. The number of anilines is 1. The van der Waals surface area contributed by atoms with Gasteiger partial charge in [-0.3, -0.25) is 0 Å². The minimum absolute atomic E-state index is 0.0934. The van der Waals surface area contributed by atoms with E-state index in [0.717, 1.165) is 5.56 Å². The van der Waals surface area contributed by atoms with Crippen LogP contribution in [0.2, 0.25) is 0 Å². The van der Waals surface area contributed by atoms with Crippen molar-refractivity contribution in [2.75, 3.05) is 5.73 Å². The second kappa shape index (κ2) is 26.5. The Morgan fingerprint density at radius 2 is 0.809 bits per heavy atom. The molecule has 8 aromatic rings. The summed E-state index contributed by atoms with van der Waals surface area (Å²) in [6, 6.07) is 40.5. The molecule has 6 heterocycles. The fraction of sp³-hybridized carbons (Fsp3) is 0.179. The molecular formula is C67H54I2NO18P-2. The number of allylic oxidation sites excluding steroid dienone is 12. The van der Waals surface area contributed by atoms with Crippen molar-refractivity contribution in [3.63, 3.8) is 0 Å². The predicted molar refractivity (Wildman–Crippen MR) is 322 cm³/mol. The van der Waals surface area contributed by atoms with E-state index in [1.807, 2.05) is 36.4 Å². The summed E-state index contributed by atoms with van der Waals surface area (Å²) in [7, 11) is -4.92. The molecule has 0 radical (unpaired) electrons. The Bertz CT molecular complexity index is 4420. The molecule has 0 saturated carbocycles. The molecule has 6 aromatic heterocycles. The molecule has 22 heteroatoms. The van der Waals surface area contributed by atoms with Crippen molar-refractivity contribution in [1.29, 1.82) is 0 Å². The van der Waals surface area contributed by atoms with Crippen molar-refractivity contribution >= 4 is 52.9 Å². The van der Waals surface area contributed by atoms with Crippen LogP contribution in [0.1, 0.15) is 77.8 Å². The second-order valence-electron chi connectivity index (χ2n) is 21.2. The van der Waals surface area contributed by atoms with Gasteiger partial charge in [0, 0.05) is 0 Å². The normalized spacial score (nSPS) is 20.4. The van der Waals surface area contributed by atoms with Gasteiger partial charge in [-0.2, -0.15) is 0 Å². The summed E-state index contributed by atoms with van der Waals surface area (Å²) in [5.74, 6) is -3.22. The molecular weight excluding hydrogens is 1390 g/mol. The van der Waals surface area contributed by atoms with Crippen molar-refractivity contribution in [3.05, 3.63) is 302 Å². The number of nitrogen functional groups attached to an aromatic ring is 1. The van der Waals surface area contributed by atoms with Crippen LogP contribution in [-0.2, 0) is 9.36 Å². The minimum atomic E-state index is -4.92. The third kappa shape index (κ3) is 14.6. The number of benzene rings is 2. The van der Waals surface area contributed by atoms with Crippen molar-refractivity contribution in [2.24, 2.45) is 17.8 Å². The molecule has 3 unspecified atom stereocenters. The van der Waals surface area contributed by atoms with E-state index in [9.17, 15) is 53.0 Å². The van der Waals surface area contributed by atoms with Crippen LogP contribution in [-0.4, -0.2) is 36.6 Å². The molecule has 0 bridgehead atoms. The van der Waals surface area contributed by atoms with Crippen LogP contribution in [0.15, 0.2) is 249 Å². The fourth-order valence-corrected chi connectivity index (χ4v) is 22.1. The molecule has 3 aliphatic carbocycles. The van der Waals surface area contributed by atoms with Crippen molar-refractivity contribution in [2.45, 2.75) is 47.8 Å². The van der Waals surface area contributed by atoms with Crippen LogP contribution in [0.3, 0.4) is 0 Å². The third-order valence-electron chi connectivity index (χ3n) is 15.1. The van der Waals surface area contributed by atoms with Crippen molar-refractivity contribution in [3.8, 4) is 5.75 Å². The average Bonchev–Trinajstić information content (AvgIpc) is 0.832. The van der Waals surface area contributed by atoms with E-state index in [-0.39, 0.29) is 50.7 Å². The first-order valence-electron chi connectivity index (χ1n) is 27.8. The Morgan fingerprint density at radius 1 is 0.483 bits per heavy atom. The maximum absolute atomic E-state index is 13.4. The topological polar surface area (TPSA) is 311 Å². The number of phosphoric ester groups is 1. The van der Waals surface area contributed by atoms with E-state index >= 15 is 0 Å². The molecule has 0 spiro atoms. The number of nitrogens with two attached hydrogens (primary N) is 1. The maximum atomic E-state index is 13.4. The van der Waals surface area contributed by atoms with Gasteiger partial charge in [0.2, 0.25) is 0 Å². The standard InChI is InChI=1S/C67H54I2NO18P/c1-36(64-45(51-9-3-15-58(73)82-51)32-41(39-21-25-43(70)26-22-39)33-46(64)52-10-4-16-59(74)83-52)65(69-67-47(53-11-5-17-60(75)84-53)29-38(31-57(71)72)30-48(67)54-12-6-18-61(76)85-54)37(2)68-66-49(55-13-7-19-62(77)86-55)34-42(35-50(66)56-14-8-20-63(78)87-56)40-23-27-44(28-24-40)88-89(79,80)81/h3-30,32-38,41-42,64-67H,31,70H2,1-2H3,(H,71,72)(H2,79,80,81)/q-2. The van der Waals surface area contributed by atoms with Crippen molar-refractivity contribution in [1.82, 2.24) is 0 Å². The summed E-state index contributed by atoms with van der Waals surface area (Å²) in [5, 5.41) is 10.3. The number of carbonyl (C=O) groups is 1. The van der Waals surface area contributed by atoms with Crippen LogP contribution >= 0.6 is 7.82 Å². The van der Waals surface area contributed by atoms with Gasteiger partial charge in [-0.05, 0) is 0 Å². The van der Waals surface area contributed by atoms with Crippen LogP contribution < -0.4 is 86.4 Å². The zero-order valence-corrected chi connectivity index (χ0v) is 52.3. The second-order valence-corrected chi connectivity index (χ2v) is 29.7. The van der Waals surface area contributed by atoms with Gasteiger partial charge >= 0.3 is 530 Å². The zero-order valence-electron chi connectivity index (χ0n) is 47.1. The van der Waals surface area contributed by atoms with Gasteiger partial charge in [-0.1, -0.05) is 0 Å². The molecule has 5 N–H and O–H groups in total.